The fraction of sp³-hybridized carbons (Fsp3) is 0.467. The Balaban J connectivity index is 2.35. The first-order chi connectivity index (χ1) is 9.81. The van der Waals surface area contributed by atoms with E-state index in [4.69, 9.17) is 0 Å². The molecule has 0 aromatic heterocycles. The van der Waals surface area contributed by atoms with Crippen LogP contribution in [0.4, 0.5) is 8.78 Å². The largest absolute Gasteiger partial charge is 0.343 e. The van der Waals surface area contributed by atoms with Crippen molar-refractivity contribution < 1.29 is 18.4 Å². The third-order valence-electron chi connectivity index (χ3n) is 3.60. The number of hydrogen-bond donors (Lipinski definition) is 1. The van der Waals surface area contributed by atoms with Gasteiger partial charge in [0.1, 0.15) is 23.7 Å². The van der Waals surface area contributed by atoms with Crippen molar-refractivity contribution in [3.8, 4) is 0 Å². The molecular weight excluding hydrogens is 278 g/mol. The van der Waals surface area contributed by atoms with Crippen LogP contribution in [0, 0.1) is 17.6 Å². The molecule has 2 rings (SSSR count). The monoisotopic (exact) mass is 296 g/mol. The number of hydrogen-bond acceptors (Lipinski definition) is 2. The number of carbonyl (C=O) groups excluding carboxylic acids is 2. The van der Waals surface area contributed by atoms with Crippen LogP contribution in [0.3, 0.4) is 0 Å². The van der Waals surface area contributed by atoms with E-state index in [0.717, 1.165) is 18.2 Å². The topological polar surface area (TPSA) is 49.4 Å². The molecule has 0 radical (unpaired) electrons. The molecule has 1 N–H and O–H groups in total. The van der Waals surface area contributed by atoms with Crippen LogP contribution in [0.2, 0.25) is 0 Å². The summed E-state index contributed by atoms with van der Waals surface area (Å²) in [4.78, 5) is 25.7. The second-order valence-electron chi connectivity index (χ2n) is 5.62. The van der Waals surface area contributed by atoms with Gasteiger partial charge in [-0.25, -0.2) is 8.78 Å². The Kier molecular flexibility index (Phi) is 4.25. The van der Waals surface area contributed by atoms with E-state index in [1.165, 1.54) is 4.90 Å². The van der Waals surface area contributed by atoms with Gasteiger partial charge in [-0.3, -0.25) is 9.59 Å². The number of rotatable bonds is 3. The Morgan fingerprint density at radius 3 is 2.57 bits per heavy atom. The SMILES string of the molecule is CC1NC(=O)C(C(C)C)N(Cc2cc(F)ccc2F)C1=O. The summed E-state index contributed by atoms with van der Waals surface area (Å²) in [7, 11) is 0. The van der Waals surface area contributed by atoms with E-state index in [0.29, 0.717) is 0 Å². The fourth-order valence-corrected chi connectivity index (χ4v) is 2.57. The summed E-state index contributed by atoms with van der Waals surface area (Å²) in [6.07, 6.45) is 0. The summed E-state index contributed by atoms with van der Waals surface area (Å²) in [5.74, 6) is -1.86. The minimum atomic E-state index is -0.684. The van der Waals surface area contributed by atoms with Crippen molar-refractivity contribution in [2.75, 3.05) is 0 Å². The molecule has 0 bridgehead atoms. The van der Waals surface area contributed by atoms with Gasteiger partial charge in [0.2, 0.25) is 11.8 Å². The number of amides is 2. The number of piperazine rings is 1. The van der Waals surface area contributed by atoms with E-state index in [1.54, 1.807) is 6.92 Å². The van der Waals surface area contributed by atoms with E-state index in [9.17, 15) is 18.4 Å². The van der Waals surface area contributed by atoms with Crippen LogP contribution >= 0.6 is 0 Å². The number of carbonyl (C=O) groups is 2. The molecule has 4 nitrogen and oxygen atoms in total. The molecule has 1 fully saturated rings. The zero-order valence-electron chi connectivity index (χ0n) is 12.2. The van der Waals surface area contributed by atoms with Gasteiger partial charge in [0.05, 0.1) is 0 Å². The highest BCUT2D eigenvalue weighted by Gasteiger charge is 2.40. The Labute approximate surface area is 122 Å². The predicted molar refractivity (Wildman–Crippen MR) is 73.1 cm³/mol. The molecule has 1 aliphatic rings. The molecule has 2 unspecified atom stereocenters. The van der Waals surface area contributed by atoms with Gasteiger partial charge in [-0.15, -0.1) is 0 Å². The number of halogens is 2. The highest BCUT2D eigenvalue weighted by molar-refractivity contribution is 5.96. The quantitative estimate of drug-likeness (QED) is 0.925. The van der Waals surface area contributed by atoms with Gasteiger partial charge in [0.15, 0.2) is 0 Å². The van der Waals surface area contributed by atoms with Gasteiger partial charge in [0, 0.05) is 12.1 Å². The van der Waals surface area contributed by atoms with Crippen LogP contribution < -0.4 is 5.32 Å². The van der Waals surface area contributed by atoms with E-state index < -0.39 is 23.7 Å². The first kappa shape index (κ1) is 15.4. The maximum absolute atomic E-state index is 13.8. The first-order valence-corrected chi connectivity index (χ1v) is 6.86. The van der Waals surface area contributed by atoms with Crippen LogP contribution in [0.25, 0.3) is 0 Å². The molecule has 1 saturated heterocycles. The summed E-state index contributed by atoms with van der Waals surface area (Å²) in [5.41, 5.74) is 0.0656. The van der Waals surface area contributed by atoms with Crippen molar-refractivity contribution in [3.05, 3.63) is 35.4 Å². The summed E-state index contributed by atoms with van der Waals surface area (Å²) < 4.78 is 27.0. The first-order valence-electron chi connectivity index (χ1n) is 6.86. The smallest absolute Gasteiger partial charge is 0.245 e. The highest BCUT2D eigenvalue weighted by Crippen LogP contribution is 2.22. The molecule has 2 amide bonds. The molecule has 0 spiro atoms. The lowest BCUT2D eigenvalue weighted by molar-refractivity contribution is -0.151. The Hall–Kier alpha value is -1.98. The van der Waals surface area contributed by atoms with Gasteiger partial charge in [-0.2, -0.15) is 0 Å². The highest BCUT2D eigenvalue weighted by atomic mass is 19.1. The van der Waals surface area contributed by atoms with Crippen molar-refractivity contribution in [1.82, 2.24) is 10.2 Å². The van der Waals surface area contributed by atoms with E-state index in [1.807, 2.05) is 13.8 Å². The van der Waals surface area contributed by atoms with Gasteiger partial charge in [-0.05, 0) is 31.0 Å². The minimum Gasteiger partial charge on any atom is -0.343 e. The van der Waals surface area contributed by atoms with Gasteiger partial charge in [0.25, 0.3) is 0 Å². The molecule has 1 aromatic rings. The lowest BCUT2D eigenvalue weighted by Gasteiger charge is -2.40. The van der Waals surface area contributed by atoms with Gasteiger partial charge < -0.3 is 10.2 Å². The van der Waals surface area contributed by atoms with Gasteiger partial charge >= 0.3 is 0 Å². The summed E-state index contributed by atoms with van der Waals surface area (Å²) in [6, 6.07) is 1.75. The van der Waals surface area contributed by atoms with Crippen molar-refractivity contribution in [3.63, 3.8) is 0 Å². The summed E-state index contributed by atoms with van der Waals surface area (Å²) in [6.45, 7) is 5.07. The minimum absolute atomic E-state index is 0.0656. The van der Waals surface area contributed by atoms with E-state index in [-0.39, 0.29) is 29.8 Å². The zero-order valence-corrected chi connectivity index (χ0v) is 12.2. The van der Waals surface area contributed by atoms with Crippen LogP contribution in [-0.2, 0) is 16.1 Å². The van der Waals surface area contributed by atoms with Crippen molar-refractivity contribution in [2.24, 2.45) is 5.92 Å². The Morgan fingerprint density at radius 1 is 1.29 bits per heavy atom. The lowest BCUT2D eigenvalue weighted by atomic mass is 9.96. The average Bonchev–Trinajstić information content (AvgIpc) is 2.39. The van der Waals surface area contributed by atoms with Crippen molar-refractivity contribution in [1.29, 1.82) is 0 Å². The van der Waals surface area contributed by atoms with E-state index >= 15 is 0 Å². The molecule has 1 aromatic carbocycles. The van der Waals surface area contributed by atoms with Crippen LogP contribution in [-0.4, -0.2) is 28.8 Å². The van der Waals surface area contributed by atoms with Crippen LogP contribution in [0.1, 0.15) is 26.3 Å². The Morgan fingerprint density at radius 2 is 1.95 bits per heavy atom. The van der Waals surface area contributed by atoms with Crippen LogP contribution in [0.15, 0.2) is 18.2 Å². The third kappa shape index (κ3) is 3.04. The molecule has 0 aliphatic carbocycles. The number of nitrogens with zero attached hydrogens (tertiary/aromatic N) is 1. The summed E-state index contributed by atoms with van der Waals surface area (Å²) >= 11 is 0. The Bertz CT molecular complexity index is 575. The number of benzene rings is 1. The summed E-state index contributed by atoms with van der Waals surface area (Å²) in [5, 5.41) is 2.60. The normalized spacial score (nSPS) is 22.7. The molecule has 2 atom stereocenters. The standard InChI is InChI=1S/C15H18F2N2O2/c1-8(2)13-14(20)18-9(3)15(21)19(13)7-10-6-11(16)4-5-12(10)17/h4-6,8-9,13H,7H2,1-3H3,(H,18,20). The maximum Gasteiger partial charge on any atom is 0.245 e. The number of nitrogens with one attached hydrogen (secondary N) is 1. The van der Waals surface area contributed by atoms with Crippen molar-refractivity contribution in [2.45, 2.75) is 39.4 Å². The molecule has 1 aliphatic heterocycles. The average molecular weight is 296 g/mol. The third-order valence-corrected chi connectivity index (χ3v) is 3.60. The van der Waals surface area contributed by atoms with Crippen molar-refractivity contribution >= 4 is 11.8 Å². The fourth-order valence-electron chi connectivity index (χ4n) is 2.57. The maximum atomic E-state index is 13.8. The second-order valence-corrected chi connectivity index (χ2v) is 5.62. The molecule has 0 saturated carbocycles. The molecule has 114 valence electrons. The molecule has 6 heteroatoms. The van der Waals surface area contributed by atoms with E-state index in [2.05, 4.69) is 5.32 Å². The van der Waals surface area contributed by atoms with Gasteiger partial charge in [-0.1, -0.05) is 13.8 Å². The lowest BCUT2D eigenvalue weighted by Crippen LogP contribution is -2.63. The molecule has 21 heavy (non-hydrogen) atoms. The molecule has 1 heterocycles. The zero-order chi connectivity index (χ0) is 15.7. The van der Waals surface area contributed by atoms with Crippen LogP contribution in [0.5, 0.6) is 0 Å². The molecular formula is C15H18F2N2O2. The predicted octanol–water partition coefficient (Wildman–Crippen LogP) is 1.84. The second kappa shape index (κ2) is 5.79.